The number of halogens is 6. The van der Waals surface area contributed by atoms with Gasteiger partial charge in [-0.1, -0.05) is 0 Å². The largest absolute Gasteiger partial charge is 0.573 e. The monoisotopic (exact) mass is 425 g/mol. The number of rotatable bonds is 5. The second-order valence-electron chi connectivity index (χ2n) is 3.65. The Balaban J connectivity index is 3.17. The predicted molar refractivity (Wildman–Crippen MR) is 68.9 cm³/mol. The van der Waals surface area contributed by atoms with Gasteiger partial charge in [0.05, 0.1) is 13.0 Å². The Bertz CT molecular complexity index is 521. The number of carbonyl (C=O) groups excluding carboxylic acids is 1. The lowest BCUT2D eigenvalue weighted by Crippen LogP contribution is -2.19. The van der Waals surface area contributed by atoms with E-state index >= 15 is 0 Å². The van der Waals surface area contributed by atoms with Crippen molar-refractivity contribution in [3.05, 3.63) is 21.0 Å². The fraction of sp³-hybridized carbons (Fsp3) is 0.455. The highest BCUT2D eigenvalue weighted by Gasteiger charge is 2.34. The summed E-state index contributed by atoms with van der Waals surface area (Å²) in [6, 6.07) is 0.723. The molecule has 0 N–H and O–H groups in total. The molecule has 118 valence electrons. The summed E-state index contributed by atoms with van der Waals surface area (Å²) < 4.78 is 70.2. The van der Waals surface area contributed by atoms with E-state index < -0.39 is 36.6 Å². The molecule has 4 nitrogen and oxygen atoms in total. The molecular formula is C11H9F5INO3. The summed E-state index contributed by atoms with van der Waals surface area (Å²) in [5.41, 5.74) is -1.12. The zero-order valence-corrected chi connectivity index (χ0v) is 12.7. The molecule has 1 aromatic heterocycles. The van der Waals surface area contributed by atoms with Gasteiger partial charge in [-0.2, -0.15) is 0 Å². The van der Waals surface area contributed by atoms with E-state index in [4.69, 9.17) is 0 Å². The molecule has 1 aromatic rings. The molecule has 21 heavy (non-hydrogen) atoms. The van der Waals surface area contributed by atoms with E-state index in [9.17, 15) is 26.7 Å². The standard InChI is InChI=1S/C11H9F5INO3/c1-2-20-7(19)4-5-3-6(21-11(14,15)16)8(9(12)13)18-10(5)17/h3,9H,2,4H2,1H3. The smallest absolute Gasteiger partial charge is 0.466 e. The highest BCUT2D eigenvalue weighted by molar-refractivity contribution is 14.1. The lowest BCUT2D eigenvalue weighted by Gasteiger charge is -2.14. The van der Waals surface area contributed by atoms with Crippen LogP contribution in [0.4, 0.5) is 22.0 Å². The fourth-order valence-corrected chi connectivity index (χ4v) is 1.98. The maximum absolute atomic E-state index is 12.7. The molecule has 0 aliphatic heterocycles. The lowest BCUT2D eigenvalue weighted by atomic mass is 10.2. The summed E-state index contributed by atoms with van der Waals surface area (Å²) in [7, 11) is 0. The van der Waals surface area contributed by atoms with Gasteiger partial charge in [0, 0.05) is 0 Å². The first-order valence-electron chi connectivity index (χ1n) is 5.52. The first-order chi connectivity index (χ1) is 9.64. The van der Waals surface area contributed by atoms with E-state index in [1.165, 1.54) is 0 Å². The second-order valence-corrected chi connectivity index (χ2v) is 4.67. The van der Waals surface area contributed by atoms with Gasteiger partial charge in [-0.25, -0.2) is 13.8 Å². The van der Waals surface area contributed by atoms with Crippen molar-refractivity contribution < 1.29 is 36.2 Å². The molecule has 0 bridgehead atoms. The van der Waals surface area contributed by atoms with Crippen LogP contribution in [0.5, 0.6) is 5.75 Å². The van der Waals surface area contributed by atoms with E-state index in [1.807, 2.05) is 0 Å². The van der Waals surface area contributed by atoms with Gasteiger partial charge in [-0.3, -0.25) is 4.79 Å². The summed E-state index contributed by atoms with van der Waals surface area (Å²) in [4.78, 5) is 14.7. The molecule has 10 heteroatoms. The van der Waals surface area contributed by atoms with E-state index in [1.54, 1.807) is 29.5 Å². The molecule has 0 amide bonds. The van der Waals surface area contributed by atoms with Crippen molar-refractivity contribution in [2.45, 2.75) is 26.1 Å². The lowest BCUT2D eigenvalue weighted by molar-refractivity contribution is -0.275. The third-order valence-corrected chi connectivity index (χ3v) is 3.05. The SMILES string of the molecule is CCOC(=O)Cc1cc(OC(F)(F)F)c(C(F)F)nc1I. The Morgan fingerprint density at radius 2 is 2.05 bits per heavy atom. The number of ether oxygens (including phenoxy) is 2. The van der Waals surface area contributed by atoms with Gasteiger partial charge >= 0.3 is 12.3 Å². The summed E-state index contributed by atoms with van der Waals surface area (Å²) in [6.07, 6.45) is -8.77. The first kappa shape index (κ1) is 17.9. The minimum absolute atomic E-state index is 0.0118. The van der Waals surface area contributed by atoms with Gasteiger partial charge in [0.25, 0.3) is 6.43 Å². The highest BCUT2D eigenvalue weighted by Crippen LogP contribution is 2.33. The molecule has 0 fully saturated rings. The molecule has 0 saturated carbocycles. The van der Waals surface area contributed by atoms with Crippen LogP contribution in [0, 0.1) is 3.70 Å². The third kappa shape index (κ3) is 5.59. The Hall–Kier alpha value is -1.20. The molecule has 1 rings (SSSR count). The Morgan fingerprint density at radius 1 is 1.43 bits per heavy atom. The quantitative estimate of drug-likeness (QED) is 0.313. The summed E-state index contributed by atoms with van der Waals surface area (Å²) in [6.45, 7) is 1.64. The number of hydrogen-bond donors (Lipinski definition) is 0. The van der Waals surface area contributed by atoms with Crippen LogP contribution in [0.2, 0.25) is 0 Å². The molecule has 0 aliphatic carbocycles. The van der Waals surface area contributed by atoms with Crippen LogP contribution in [0.15, 0.2) is 6.07 Å². The van der Waals surface area contributed by atoms with Crippen molar-refractivity contribution >= 4 is 28.6 Å². The number of hydrogen-bond acceptors (Lipinski definition) is 4. The van der Waals surface area contributed by atoms with Gasteiger partial charge < -0.3 is 9.47 Å². The topological polar surface area (TPSA) is 48.4 Å². The van der Waals surface area contributed by atoms with Crippen molar-refractivity contribution in [3.63, 3.8) is 0 Å². The van der Waals surface area contributed by atoms with E-state index in [0.29, 0.717) is 0 Å². The molecular weight excluding hydrogens is 416 g/mol. The number of nitrogens with zero attached hydrogens (tertiary/aromatic N) is 1. The van der Waals surface area contributed by atoms with Gasteiger partial charge in [-0.05, 0) is 41.1 Å². The zero-order valence-electron chi connectivity index (χ0n) is 10.5. The van der Waals surface area contributed by atoms with Crippen molar-refractivity contribution in [3.8, 4) is 5.75 Å². The molecule has 0 unspecified atom stereocenters. The second kappa shape index (κ2) is 7.18. The van der Waals surface area contributed by atoms with Gasteiger partial charge in [0.1, 0.15) is 9.39 Å². The van der Waals surface area contributed by atoms with E-state index in [-0.39, 0.29) is 15.9 Å². The van der Waals surface area contributed by atoms with Gasteiger partial charge in [-0.15, -0.1) is 13.2 Å². The highest BCUT2D eigenvalue weighted by atomic mass is 127. The van der Waals surface area contributed by atoms with Gasteiger partial charge in [0.15, 0.2) is 5.75 Å². The molecule has 1 heterocycles. The number of alkyl halides is 5. The Morgan fingerprint density at radius 3 is 2.52 bits per heavy atom. The van der Waals surface area contributed by atoms with E-state index in [0.717, 1.165) is 6.07 Å². The van der Waals surface area contributed by atoms with E-state index in [2.05, 4.69) is 14.5 Å². The van der Waals surface area contributed by atoms with Crippen LogP contribution in [-0.4, -0.2) is 23.9 Å². The van der Waals surface area contributed by atoms with Crippen molar-refractivity contribution in [1.29, 1.82) is 0 Å². The van der Waals surface area contributed by atoms with Crippen LogP contribution < -0.4 is 4.74 Å². The molecule has 0 spiro atoms. The molecule has 0 aliphatic rings. The van der Waals surface area contributed by atoms with Crippen molar-refractivity contribution in [1.82, 2.24) is 4.98 Å². The normalized spacial score (nSPS) is 11.6. The fourth-order valence-electron chi connectivity index (χ4n) is 1.38. The number of carbonyl (C=O) groups is 1. The zero-order chi connectivity index (χ0) is 16.2. The van der Waals surface area contributed by atoms with Crippen LogP contribution in [0.1, 0.15) is 24.6 Å². The molecule has 0 atom stereocenters. The molecule has 0 aromatic carbocycles. The summed E-state index contributed by atoms with van der Waals surface area (Å²) >= 11 is 1.55. The molecule has 0 saturated heterocycles. The maximum Gasteiger partial charge on any atom is 0.573 e. The number of pyridine rings is 1. The van der Waals surface area contributed by atoms with Crippen molar-refractivity contribution in [2.24, 2.45) is 0 Å². The van der Waals surface area contributed by atoms with Crippen LogP contribution in [0.3, 0.4) is 0 Å². The van der Waals surface area contributed by atoms with Crippen molar-refractivity contribution in [2.75, 3.05) is 6.61 Å². The first-order valence-corrected chi connectivity index (χ1v) is 6.60. The summed E-state index contributed by atoms with van der Waals surface area (Å²) in [5.74, 6) is -1.84. The number of esters is 1. The minimum atomic E-state index is -5.14. The van der Waals surface area contributed by atoms with Gasteiger partial charge in [0.2, 0.25) is 0 Å². The molecule has 0 radical (unpaired) electrons. The average Bonchev–Trinajstić information content (AvgIpc) is 2.31. The maximum atomic E-state index is 12.7. The van der Waals surface area contributed by atoms with Crippen LogP contribution in [0.25, 0.3) is 0 Å². The Kier molecular flexibility index (Phi) is 6.10. The number of aromatic nitrogens is 1. The van der Waals surface area contributed by atoms with Crippen LogP contribution in [-0.2, 0) is 16.0 Å². The third-order valence-electron chi connectivity index (χ3n) is 2.11. The average molecular weight is 425 g/mol. The minimum Gasteiger partial charge on any atom is -0.466 e. The predicted octanol–water partition coefficient (Wildman–Crippen LogP) is 3.63. The Labute approximate surface area is 129 Å². The summed E-state index contributed by atoms with van der Waals surface area (Å²) in [5, 5.41) is 0. The van der Waals surface area contributed by atoms with Crippen LogP contribution >= 0.6 is 22.6 Å².